The van der Waals surface area contributed by atoms with Crippen LogP contribution in [0.2, 0.25) is 0 Å². The monoisotopic (exact) mass is 565 g/mol. The highest BCUT2D eigenvalue weighted by molar-refractivity contribution is 7.99. The smallest absolute Gasteiger partial charge is 0.409 e. The van der Waals surface area contributed by atoms with Crippen molar-refractivity contribution in [3.05, 3.63) is 58.9 Å². The fourth-order valence-corrected chi connectivity index (χ4v) is 6.35. The number of carbonyl (C=O) groups excluding carboxylic acids is 2. The van der Waals surface area contributed by atoms with Crippen molar-refractivity contribution in [2.45, 2.75) is 31.0 Å². The number of ether oxygens (including phenoxy) is 2. The van der Waals surface area contributed by atoms with Crippen LogP contribution in [-0.2, 0) is 9.53 Å². The summed E-state index contributed by atoms with van der Waals surface area (Å²) in [7, 11) is 1.67. The Morgan fingerprint density at radius 1 is 0.950 bits per heavy atom. The summed E-state index contributed by atoms with van der Waals surface area (Å²) < 4.78 is 12.4. The van der Waals surface area contributed by atoms with Crippen LogP contribution in [-0.4, -0.2) is 90.1 Å². The third-order valence-corrected chi connectivity index (χ3v) is 8.45. The molecule has 0 N–H and O–H groups in total. The minimum absolute atomic E-state index is 0.0239. The molecule has 2 aliphatic heterocycles. The zero-order chi connectivity index (χ0) is 28.1. The second kappa shape index (κ2) is 12.6. The van der Waals surface area contributed by atoms with Gasteiger partial charge in [-0.15, -0.1) is 0 Å². The standard InChI is InChI=1S/C29H35N5O5S/c1-3-39-29(37)33-14-12-21(13-15-33)34-27(36)22-8-4-5-9-23(22)30-28(34)40-20-26(35)32-18-16-31(17-19-32)24-10-6-7-11-25(24)38-2/h4-11,21H,3,12-20H2,1-2H3. The first kappa shape index (κ1) is 27.8. The van der Waals surface area contributed by atoms with Crippen molar-refractivity contribution in [2.24, 2.45) is 0 Å². The molecule has 2 fully saturated rings. The Bertz CT molecular complexity index is 1410. The van der Waals surface area contributed by atoms with Crippen LogP contribution in [0.1, 0.15) is 25.8 Å². The Morgan fingerprint density at radius 2 is 1.65 bits per heavy atom. The van der Waals surface area contributed by atoms with Crippen LogP contribution in [0.4, 0.5) is 10.5 Å². The highest BCUT2D eigenvalue weighted by Crippen LogP contribution is 2.30. The number of para-hydroxylation sites is 3. The molecular weight excluding hydrogens is 530 g/mol. The number of fused-ring (bicyclic) bond motifs is 1. The summed E-state index contributed by atoms with van der Waals surface area (Å²) in [5, 5.41) is 1.10. The molecular formula is C29H35N5O5S. The number of amides is 2. The van der Waals surface area contributed by atoms with Crippen LogP contribution in [0.15, 0.2) is 58.5 Å². The van der Waals surface area contributed by atoms with Crippen molar-refractivity contribution >= 4 is 40.4 Å². The Hall–Kier alpha value is -3.73. The molecule has 0 atom stereocenters. The summed E-state index contributed by atoms with van der Waals surface area (Å²) in [4.78, 5) is 49.7. The first-order chi connectivity index (χ1) is 19.5. The summed E-state index contributed by atoms with van der Waals surface area (Å²) in [6, 6.07) is 15.1. The van der Waals surface area contributed by atoms with E-state index in [2.05, 4.69) is 4.90 Å². The minimum atomic E-state index is -0.323. The molecule has 0 bridgehead atoms. The molecule has 3 heterocycles. The van der Waals surface area contributed by atoms with Crippen molar-refractivity contribution < 1.29 is 19.1 Å². The van der Waals surface area contributed by atoms with Crippen LogP contribution < -0.4 is 15.2 Å². The molecule has 11 heteroatoms. The Balaban J connectivity index is 1.28. The predicted octanol–water partition coefficient (Wildman–Crippen LogP) is 3.64. The lowest BCUT2D eigenvalue weighted by molar-refractivity contribution is -0.128. The lowest BCUT2D eigenvalue weighted by Crippen LogP contribution is -2.49. The van der Waals surface area contributed by atoms with E-state index in [1.54, 1.807) is 29.6 Å². The Kier molecular flexibility index (Phi) is 8.78. The molecule has 2 amide bonds. The predicted molar refractivity (Wildman–Crippen MR) is 155 cm³/mol. The molecule has 2 aliphatic rings. The maximum absolute atomic E-state index is 13.6. The van der Waals surface area contributed by atoms with E-state index in [9.17, 15) is 14.4 Å². The van der Waals surface area contributed by atoms with Gasteiger partial charge in [0.05, 0.1) is 36.1 Å². The van der Waals surface area contributed by atoms with Gasteiger partial charge in [0.2, 0.25) is 5.91 Å². The molecule has 0 spiro atoms. The quantitative estimate of drug-likeness (QED) is 0.317. The number of thioether (sulfide) groups is 1. The molecule has 3 aromatic rings. The zero-order valence-electron chi connectivity index (χ0n) is 23.0. The maximum atomic E-state index is 13.6. The van der Waals surface area contributed by atoms with Gasteiger partial charge in [-0.2, -0.15) is 0 Å². The van der Waals surface area contributed by atoms with Crippen molar-refractivity contribution in [3.8, 4) is 5.75 Å². The molecule has 1 aromatic heterocycles. The fraction of sp³-hybridized carbons (Fsp3) is 0.448. The van der Waals surface area contributed by atoms with Crippen LogP contribution in [0.5, 0.6) is 5.75 Å². The number of benzene rings is 2. The molecule has 2 aromatic carbocycles. The Morgan fingerprint density at radius 3 is 2.38 bits per heavy atom. The molecule has 2 saturated heterocycles. The summed E-state index contributed by atoms with van der Waals surface area (Å²) in [5.41, 5.74) is 1.54. The minimum Gasteiger partial charge on any atom is -0.495 e. The molecule has 0 aliphatic carbocycles. The molecule has 0 saturated carbocycles. The van der Waals surface area contributed by atoms with Crippen molar-refractivity contribution in [3.63, 3.8) is 0 Å². The van der Waals surface area contributed by atoms with E-state index in [0.29, 0.717) is 61.7 Å². The van der Waals surface area contributed by atoms with E-state index < -0.39 is 0 Å². The molecule has 212 valence electrons. The third kappa shape index (κ3) is 5.89. The van der Waals surface area contributed by atoms with Gasteiger partial charge in [-0.3, -0.25) is 14.2 Å². The van der Waals surface area contributed by atoms with Crippen molar-refractivity contribution in [1.29, 1.82) is 0 Å². The van der Waals surface area contributed by atoms with E-state index in [0.717, 1.165) is 24.5 Å². The van der Waals surface area contributed by atoms with Crippen LogP contribution in [0.3, 0.4) is 0 Å². The molecule has 10 nitrogen and oxygen atoms in total. The van der Waals surface area contributed by atoms with Crippen molar-refractivity contribution in [1.82, 2.24) is 19.4 Å². The second-order valence-electron chi connectivity index (χ2n) is 9.83. The van der Waals surface area contributed by atoms with Gasteiger partial charge in [-0.25, -0.2) is 9.78 Å². The Labute approximate surface area is 237 Å². The lowest BCUT2D eigenvalue weighted by Gasteiger charge is -2.36. The van der Waals surface area contributed by atoms with Gasteiger partial charge < -0.3 is 24.2 Å². The average molecular weight is 566 g/mol. The maximum Gasteiger partial charge on any atom is 0.409 e. The lowest BCUT2D eigenvalue weighted by atomic mass is 10.0. The molecule has 0 unspecified atom stereocenters. The fourth-order valence-electron chi connectivity index (χ4n) is 5.38. The number of piperidine rings is 1. The number of nitrogens with zero attached hydrogens (tertiary/aromatic N) is 5. The number of methoxy groups -OCH3 is 1. The molecule has 5 rings (SSSR count). The van der Waals surface area contributed by atoms with Gasteiger partial charge in [0.25, 0.3) is 5.56 Å². The number of hydrogen-bond acceptors (Lipinski definition) is 8. The molecule has 40 heavy (non-hydrogen) atoms. The number of likely N-dealkylation sites (tertiary alicyclic amines) is 1. The van der Waals surface area contributed by atoms with Gasteiger partial charge >= 0.3 is 6.09 Å². The number of anilines is 1. The number of aromatic nitrogens is 2. The zero-order valence-corrected chi connectivity index (χ0v) is 23.8. The van der Waals surface area contributed by atoms with Crippen molar-refractivity contribution in [2.75, 3.05) is 63.6 Å². The number of hydrogen-bond donors (Lipinski definition) is 0. The SMILES string of the molecule is CCOC(=O)N1CCC(n2c(SCC(=O)N3CCN(c4ccccc4OC)CC3)nc3ccccc3c2=O)CC1. The van der Waals surface area contributed by atoms with Crippen LogP contribution in [0, 0.1) is 0 Å². The van der Waals surface area contributed by atoms with E-state index in [1.165, 1.54) is 11.8 Å². The largest absolute Gasteiger partial charge is 0.495 e. The number of piperazine rings is 1. The van der Waals surface area contributed by atoms with E-state index in [4.69, 9.17) is 14.5 Å². The van der Waals surface area contributed by atoms with Crippen LogP contribution >= 0.6 is 11.8 Å². The van der Waals surface area contributed by atoms with Gasteiger partial charge in [0.1, 0.15) is 5.75 Å². The van der Waals surface area contributed by atoms with Gasteiger partial charge in [0.15, 0.2) is 5.16 Å². The van der Waals surface area contributed by atoms with Gasteiger partial charge in [-0.1, -0.05) is 36.0 Å². The summed E-state index contributed by atoms with van der Waals surface area (Å²) in [5.74, 6) is 1.04. The third-order valence-electron chi connectivity index (χ3n) is 7.51. The summed E-state index contributed by atoms with van der Waals surface area (Å²) >= 11 is 1.31. The summed E-state index contributed by atoms with van der Waals surface area (Å²) in [6.07, 6.45) is 0.909. The highest BCUT2D eigenvalue weighted by atomic mass is 32.2. The van der Waals surface area contributed by atoms with E-state index in [1.807, 2.05) is 47.4 Å². The normalized spacial score (nSPS) is 16.3. The van der Waals surface area contributed by atoms with Crippen LogP contribution in [0.25, 0.3) is 10.9 Å². The number of carbonyl (C=O) groups is 2. The average Bonchev–Trinajstić information content (AvgIpc) is 3.00. The van der Waals surface area contributed by atoms with E-state index >= 15 is 0 Å². The first-order valence-corrected chi connectivity index (χ1v) is 14.7. The first-order valence-electron chi connectivity index (χ1n) is 13.7. The number of rotatable bonds is 7. The van der Waals surface area contributed by atoms with Gasteiger partial charge in [-0.05, 0) is 44.0 Å². The topological polar surface area (TPSA) is 97.2 Å². The van der Waals surface area contributed by atoms with E-state index in [-0.39, 0.29) is 29.4 Å². The molecule has 0 radical (unpaired) electrons. The van der Waals surface area contributed by atoms with Gasteiger partial charge in [0, 0.05) is 45.3 Å². The highest BCUT2D eigenvalue weighted by Gasteiger charge is 2.29. The second-order valence-corrected chi connectivity index (χ2v) is 10.8. The summed E-state index contributed by atoms with van der Waals surface area (Å²) in [6.45, 7) is 5.78.